The van der Waals surface area contributed by atoms with Crippen LogP contribution < -0.4 is 10.6 Å². The van der Waals surface area contributed by atoms with Crippen LogP contribution in [0.5, 0.6) is 0 Å². The fraction of sp³-hybridized carbons (Fsp3) is 0.167. The molecule has 0 aliphatic rings. The summed E-state index contributed by atoms with van der Waals surface area (Å²) >= 11 is 1.56. The third-order valence-corrected chi connectivity index (χ3v) is 3.91. The van der Waals surface area contributed by atoms with Crippen LogP contribution in [0.15, 0.2) is 60.1 Å². The first-order chi connectivity index (χ1) is 10.6. The van der Waals surface area contributed by atoms with Gasteiger partial charge in [-0.25, -0.2) is 4.98 Å². The number of nitrogens with one attached hydrogen (secondary N) is 2. The summed E-state index contributed by atoms with van der Waals surface area (Å²) in [5.41, 5.74) is 4.92. The van der Waals surface area contributed by atoms with E-state index in [9.17, 15) is 0 Å². The molecular weight excluding hydrogens is 290 g/mol. The Morgan fingerprint density at radius 2 is 2.00 bits per heavy atom. The van der Waals surface area contributed by atoms with Crippen molar-refractivity contribution < 1.29 is 0 Å². The van der Waals surface area contributed by atoms with Crippen LogP contribution in [0.4, 0.5) is 10.8 Å². The van der Waals surface area contributed by atoms with Crippen LogP contribution >= 0.6 is 11.3 Å². The molecule has 0 radical (unpaired) electrons. The van der Waals surface area contributed by atoms with E-state index in [1.807, 2.05) is 55.7 Å². The molecule has 0 aliphatic heterocycles. The molecule has 0 atom stereocenters. The van der Waals surface area contributed by atoms with E-state index < -0.39 is 0 Å². The smallest absolute Gasteiger partial charge is 0.187 e. The van der Waals surface area contributed by atoms with Crippen LogP contribution in [0.25, 0.3) is 5.70 Å². The molecule has 0 unspecified atom stereocenters. The van der Waals surface area contributed by atoms with Crippen LogP contribution in [0.1, 0.15) is 25.1 Å². The van der Waals surface area contributed by atoms with Crippen molar-refractivity contribution in [1.82, 2.24) is 4.98 Å². The SMILES string of the molecule is C=C(Nc1ccccc1C)c1csc(NC(/C=C\C)=C/C)n1. The number of hydrogen-bond donors (Lipinski definition) is 2. The molecule has 0 fully saturated rings. The van der Waals surface area contributed by atoms with Gasteiger partial charge < -0.3 is 10.6 Å². The van der Waals surface area contributed by atoms with Crippen molar-refractivity contribution in [1.29, 1.82) is 0 Å². The standard InChI is InChI=1S/C18H21N3S/c1-5-9-15(6-2)20-18-21-17(12-22-18)14(4)19-16-11-8-7-10-13(16)3/h5-12,19H,4H2,1-3H3,(H,20,21)/b9-5-,15-6+. The fourth-order valence-corrected chi connectivity index (χ4v) is 2.67. The maximum Gasteiger partial charge on any atom is 0.187 e. The molecule has 1 aromatic heterocycles. The normalized spacial score (nSPS) is 11.7. The molecule has 0 aliphatic carbocycles. The molecule has 2 rings (SSSR count). The molecule has 114 valence electrons. The number of aromatic nitrogens is 1. The van der Waals surface area contributed by atoms with Gasteiger partial charge in [0.2, 0.25) is 0 Å². The Bertz CT molecular complexity index is 711. The summed E-state index contributed by atoms with van der Waals surface area (Å²) in [6.45, 7) is 10.1. The van der Waals surface area contributed by atoms with Gasteiger partial charge in [0.1, 0.15) is 0 Å². The summed E-state index contributed by atoms with van der Waals surface area (Å²) in [7, 11) is 0. The second kappa shape index (κ2) is 7.61. The highest BCUT2D eigenvalue weighted by Gasteiger charge is 2.07. The third-order valence-electron chi connectivity index (χ3n) is 3.15. The molecule has 1 heterocycles. The van der Waals surface area contributed by atoms with Gasteiger partial charge >= 0.3 is 0 Å². The van der Waals surface area contributed by atoms with Crippen LogP contribution in [0.2, 0.25) is 0 Å². The number of rotatable bonds is 6. The largest absolute Gasteiger partial charge is 0.354 e. The van der Waals surface area contributed by atoms with E-state index in [2.05, 4.69) is 35.2 Å². The van der Waals surface area contributed by atoms with E-state index in [4.69, 9.17) is 0 Å². The second-order valence-electron chi connectivity index (χ2n) is 4.83. The summed E-state index contributed by atoms with van der Waals surface area (Å²) in [4.78, 5) is 4.58. The molecule has 0 bridgehead atoms. The molecule has 2 aromatic rings. The molecular formula is C18H21N3S. The van der Waals surface area contributed by atoms with Gasteiger partial charge in [-0.05, 0) is 38.5 Å². The lowest BCUT2D eigenvalue weighted by atomic mass is 10.2. The van der Waals surface area contributed by atoms with Crippen LogP contribution in [-0.2, 0) is 0 Å². The minimum Gasteiger partial charge on any atom is -0.354 e. The highest BCUT2D eigenvalue weighted by Crippen LogP contribution is 2.24. The number of thiazole rings is 1. The van der Waals surface area contributed by atoms with Gasteiger partial charge in [0, 0.05) is 16.8 Å². The molecule has 0 saturated heterocycles. The van der Waals surface area contributed by atoms with Crippen LogP contribution in [-0.4, -0.2) is 4.98 Å². The van der Waals surface area contributed by atoms with Crippen LogP contribution in [0, 0.1) is 6.92 Å². The number of allylic oxidation sites excluding steroid dienone is 3. The van der Waals surface area contributed by atoms with Gasteiger partial charge in [-0.1, -0.05) is 36.9 Å². The Labute approximate surface area is 136 Å². The topological polar surface area (TPSA) is 37.0 Å². The number of aryl methyl sites for hydroxylation is 1. The van der Waals surface area contributed by atoms with Crippen molar-refractivity contribution >= 4 is 27.9 Å². The van der Waals surface area contributed by atoms with Crippen molar-refractivity contribution in [3.05, 3.63) is 71.4 Å². The summed E-state index contributed by atoms with van der Waals surface area (Å²) in [5.74, 6) is 0. The highest BCUT2D eigenvalue weighted by atomic mass is 32.1. The molecule has 4 heteroatoms. The Morgan fingerprint density at radius 3 is 2.68 bits per heavy atom. The van der Waals surface area contributed by atoms with Gasteiger partial charge in [-0.15, -0.1) is 11.3 Å². The molecule has 1 aromatic carbocycles. The van der Waals surface area contributed by atoms with Crippen molar-refractivity contribution in [2.75, 3.05) is 10.6 Å². The maximum atomic E-state index is 4.58. The molecule has 3 nitrogen and oxygen atoms in total. The molecule has 0 saturated carbocycles. The Kier molecular flexibility index (Phi) is 5.55. The van der Waals surface area contributed by atoms with Gasteiger partial charge in [0.05, 0.1) is 11.4 Å². The lowest BCUT2D eigenvalue weighted by Gasteiger charge is -2.10. The zero-order valence-electron chi connectivity index (χ0n) is 13.2. The Morgan fingerprint density at radius 1 is 1.23 bits per heavy atom. The predicted molar refractivity (Wildman–Crippen MR) is 98.1 cm³/mol. The van der Waals surface area contributed by atoms with Crippen molar-refractivity contribution in [3.8, 4) is 0 Å². The highest BCUT2D eigenvalue weighted by molar-refractivity contribution is 7.13. The number of benzene rings is 1. The van der Waals surface area contributed by atoms with Gasteiger partial charge in [0.25, 0.3) is 0 Å². The van der Waals surface area contributed by atoms with Gasteiger partial charge in [-0.2, -0.15) is 0 Å². The summed E-state index contributed by atoms with van der Waals surface area (Å²) in [5, 5.41) is 9.47. The first-order valence-corrected chi connectivity index (χ1v) is 8.05. The molecule has 22 heavy (non-hydrogen) atoms. The van der Waals surface area contributed by atoms with E-state index >= 15 is 0 Å². The minimum atomic E-state index is 0.798. The minimum absolute atomic E-state index is 0.798. The maximum absolute atomic E-state index is 4.58. The van der Waals surface area contributed by atoms with E-state index in [1.165, 1.54) is 5.56 Å². The lowest BCUT2D eigenvalue weighted by molar-refractivity contribution is 1.30. The summed E-state index contributed by atoms with van der Waals surface area (Å²) in [6, 6.07) is 8.13. The van der Waals surface area contributed by atoms with Crippen LogP contribution in [0.3, 0.4) is 0 Å². The first-order valence-electron chi connectivity index (χ1n) is 7.17. The average molecular weight is 311 g/mol. The number of nitrogens with zero attached hydrogens (tertiary/aromatic N) is 1. The van der Waals surface area contributed by atoms with E-state index in [-0.39, 0.29) is 0 Å². The summed E-state index contributed by atoms with van der Waals surface area (Å²) < 4.78 is 0. The number of anilines is 2. The zero-order valence-corrected chi connectivity index (χ0v) is 14.0. The fourth-order valence-electron chi connectivity index (χ4n) is 1.92. The monoisotopic (exact) mass is 311 g/mol. The average Bonchev–Trinajstić information content (AvgIpc) is 2.98. The quantitative estimate of drug-likeness (QED) is 0.699. The first kappa shape index (κ1) is 16.0. The molecule has 0 amide bonds. The molecule has 2 N–H and O–H groups in total. The zero-order chi connectivity index (χ0) is 15.9. The second-order valence-corrected chi connectivity index (χ2v) is 5.68. The predicted octanol–water partition coefficient (Wildman–Crippen LogP) is 5.43. The van der Waals surface area contributed by atoms with E-state index in [0.29, 0.717) is 0 Å². The molecule has 0 spiro atoms. The lowest BCUT2D eigenvalue weighted by Crippen LogP contribution is -2.00. The van der Waals surface area contributed by atoms with Crippen molar-refractivity contribution in [2.45, 2.75) is 20.8 Å². The van der Waals surface area contributed by atoms with Gasteiger partial charge in [0.15, 0.2) is 5.13 Å². The number of para-hydroxylation sites is 1. The number of hydrogen-bond acceptors (Lipinski definition) is 4. The summed E-state index contributed by atoms with van der Waals surface area (Å²) in [6.07, 6.45) is 6.03. The Balaban J connectivity index is 2.08. The van der Waals surface area contributed by atoms with E-state index in [1.54, 1.807) is 11.3 Å². The van der Waals surface area contributed by atoms with Crippen molar-refractivity contribution in [2.24, 2.45) is 0 Å². The third kappa shape index (κ3) is 4.09. The Hall–Kier alpha value is -2.33. The van der Waals surface area contributed by atoms with Crippen molar-refractivity contribution in [3.63, 3.8) is 0 Å². The van der Waals surface area contributed by atoms with E-state index in [0.717, 1.165) is 27.9 Å². The van der Waals surface area contributed by atoms with Gasteiger partial charge in [-0.3, -0.25) is 0 Å².